The van der Waals surface area contributed by atoms with Crippen molar-refractivity contribution in [3.63, 3.8) is 0 Å². The lowest BCUT2D eigenvalue weighted by Crippen LogP contribution is -2.70. The summed E-state index contributed by atoms with van der Waals surface area (Å²) >= 11 is 0. The van der Waals surface area contributed by atoms with Gasteiger partial charge in [0.25, 0.3) is 6.01 Å². The van der Waals surface area contributed by atoms with Gasteiger partial charge in [-0.05, 0) is 59.2 Å². The highest BCUT2D eigenvalue weighted by Crippen LogP contribution is 2.41. The Hall–Kier alpha value is -3.41. The molecular formula is C24H29F2N5O5. The monoisotopic (exact) mass is 505 g/mol. The first-order valence-corrected chi connectivity index (χ1v) is 11.7. The summed E-state index contributed by atoms with van der Waals surface area (Å²) < 4.78 is 47.2. The zero-order valence-electron chi connectivity index (χ0n) is 20.7. The first kappa shape index (κ1) is 24.3. The Balaban J connectivity index is 1.46. The van der Waals surface area contributed by atoms with Crippen molar-refractivity contribution >= 4 is 23.2 Å². The number of ether oxygens (including phenoxy) is 2. The van der Waals surface area contributed by atoms with Crippen LogP contribution in [0.1, 0.15) is 41.0 Å². The number of carbonyl (C=O) groups excluding carboxylic acids is 1. The van der Waals surface area contributed by atoms with Gasteiger partial charge < -0.3 is 23.9 Å². The predicted molar refractivity (Wildman–Crippen MR) is 125 cm³/mol. The van der Waals surface area contributed by atoms with Gasteiger partial charge in [0, 0.05) is 25.5 Å². The van der Waals surface area contributed by atoms with Crippen molar-refractivity contribution in [2.24, 2.45) is 0 Å². The quantitative estimate of drug-likeness (QED) is 0.556. The van der Waals surface area contributed by atoms with Crippen molar-refractivity contribution in [2.75, 3.05) is 18.0 Å². The Labute approximate surface area is 206 Å². The number of oxazole rings is 1. The number of hydrogen-bond donors (Lipinski definition) is 1. The topological polar surface area (TPSA) is 106 Å². The maximum atomic E-state index is 14.6. The number of amides is 1. The van der Waals surface area contributed by atoms with Gasteiger partial charge in [-0.3, -0.25) is 4.90 Å². The molecule has 3 saturated heterocycles. The predicted octanol–water partition coefficient (Wildman–Crippen LogP) is 3.95. The highest BCUT2D eigenvalue weighted by Gasteiger charge is 2.51. The molecule has 36 heavy (non-hydrogen) atoms. The van der Waals surface area contributed by atoms with E-state index in [4.69, 9.17) is 13.9 Å². The van der Waals surface area contributed by atoms with Gasteiger partial charge in [0.1, 0.15) is 11.3 Å². The Morgan fingerprint density at radius 2 is 1.86 bits per heavy atom. The van der Waals surface area contributed by atoms with E-state index in [2.05, 4.69) is 10.1 Å². The number of fused-ring (bicyclic) bond motifs is 3. The van der Waals surface area contributed by atoms with Gasteiger partial charge in [-0.1, -0.05) is 0 Å². The molecule has 3 fully saturated rings. The molecule has 0 saturated carbocycles. The van der Waals surface area contributed by atoms with Gasteiger partial charge in [-0.2, -0.15) is 18.9 Å². The van der Waals surface area contributed by atoms with E-state index in [1.165, 1.54) is 16.8 Å². The molecule has 2 aromatic heterocycles. The lowest BCUT2D eigenvalue weighted by molar-refractivity contribution is -0.275. The third kappa shape index (κ3) is 4.23. The molecule has 12 heteroatoms. The molecular weight excluding hydrogens is 476 g/mol. The number of halogens is 2. The van der Waals surface area contributed by atoms with Crippen molar-refractivity contribution in [1.29, 1.82) is 0 Å². The van der Waals surface area contributed by atoms with Crippen molar-refractivity contribution in [2.45, 2.75) is 70.4 Å². The molecule has 3 aliphatic heterocycles. The van der Waals surface area contributed by atoms with Gasteiger partial charge in [0.05, 0.1) is 12.1 Å². The molecule has 1 amide bonds. The molecule has 3 aliphatic rings. The average molecular weight is 506 g/mol. The minimum atomic E-state index is -3.88. The van der Waals surface area contributed by atoms with Crippen LogP contribution < -0.4 is 9.64 Å². The lowest BCUT2D eigenvalue weighted by Gasteiger charge is -2.55. The van der Waals surface area contributed by atoms with E-state index in [0.717, 1.165) is 20.3 Å². The van der Waals surface area contributed by atoms with Crippen molar-refractivity contribution < 1.29 is 32.6 Å². The van der Waals surface area contributed by atoms with E-state index >= 15 is 0 Å². The smallest absolute Gasteiger partial charge is 0.426 e. The number of alkyl halides is 2. The maximum Gasteiger partial charge on any atom is 0.426 e. The summed E-state index contributed by atoms with van der Waals surface area (Å²) in [5.41, 5.74) is -2.24. The fraction of sp³-hybridized carbons (Fsp3) is 0.542. The fourth-order valence-corrected chi connectivity index (χ4v) is 4.41. The third-order valence-corrected chi connectivity index (χ3v) is 6.24. The first-order valence-electron chi connectivity index (χ1n) is 11.7. The molecule has 10 nitrogen and oxygen atoms in total. The van der Waals surface area contributed by atoms with Crippen LogP contribution in [0.4, 0.5) is 19.6 Å². The molecule has 194 valence electrons. The van der Waals surface area contributed by atoms with Gasteiger partial charge >= 0.3 is 12.2 Å². The third-order valence-electron chi connectivity index (χ3n) is 6.24. The Morgan fingerprint density at radius 1 is 1.17 bits per heavy atom. The van der Waals surface area contributed by atoms with Crippen LogP contribution in [0.25, 0.3) is 16.8 Å². The second-order valence-corrected chi connectivity index (χ2v) is 10.7. The molecule has 5 heterocycles. The number of nitrogens with zero attached hydrogens (tertiary/aromatic N) is 5. The number of hydrogen-bond acceptors (Lipinski definition) is 8. The van der Waals surface area contributed by atoms with Crippen molar-refractivity contribution in [1.82, 2.24) is 19.7 Å². The van der Waals surface area contributed by atoms with Crippen LogP contribution in [-0.2, 0) is 4.74 Å². The lowest BCUT2D eigenvalue weighted by atomic mass is 9.88. The number of piperazine rings is 1. The molecule has 0 aliphatic carbocycles. The first-order chi connectivity index (χ1) is 16.7. The number of aliphatic hydroxyl groups is 1. The summed E-state index contributed by atoms with van der Waals surface area (Å²) in [6.45, 7) is 8.31. The van der Waals surface area contributed by atoms with Crippen LogP contribution in [0.5, 0.6) is 5.75 Å². The highest BCUT2D eigenvalue weighted by molar-refractivity contribution is 5.88. The molecule has 6 rings (SSSR count). The fourth-order valence-electron chi connectivity index (χ4n) is 4.41. The van der Waals surface area contributed by atoms with Gasteiger partial charge in [-0.25, -0.2) is 9.48 Å². The molecule has 3 aromatic rings. The summed E-state index contributed by atoms with van der Waals surface area (Å²) in [5, 5.41) is 14.1. The second kappa shape index (κ2) is 8.05. The molecule has 2 bridgehead atoms. The molecule has 0 spiro atoms. The number of rotatable bonds is 5. The molecule has 2 unspecified atom stereocenters. The van der Waals surface area contributed by atoms with Crippen LogP contribution in [0.2, 0.25) is 0 Å². The number of anilines is 1. The van der Waals surface area contributed by atoms with Crippen LogP contribution in [0.3, 0.4) is 0 Å². The molecule has 0 radical (unpaired) electrons. The Bertz CT molecular complexity index is 1270. The van der Waals surface area contributed by atoms with Crippen LogP contribution in [-0.4, -0.2) is 73.3 Å². The molecule has 1 N–H and O–H groups in total. The summed E-state index contributed by atoms with van der Waals surface area (Å²) in [5.74, 6) is -0.236. The molecule has 1 aromatic carbocycles. The van der Waals surface area contributed by atoms with Gasteiger partial charge in [0.2, 0.25) is 0 Å². The molecule has 2 atom stereocenters. The summed E-state index contributed by atoms with van der Waals surface area (Å²) in [6, 6.07) is 4.68. The van der Waals surface area contributed by atoms with E-state index in [1.807, 2.05) is 25.7 Å². The SMILES string of the molecule is CC(C)(C)OC(=O)N1C2CC1CN(c1nc3c(OC(F)(F)C(C)(C)O)ccc(-n4cccn4)c3o1)C2. The normalized spacial score (nSPS) is 20.4. The number of carbonyl (C=O) groups is 1. The van der Waals surface area contributed by atoms with Crippen LogP contribution >= 0.6 is 0 Å². The van der Waals surface area contributed by atoms with E-state index in [9.17, 15) is 18.7 Å². The van der Waals surface area contributed by atoms with E-state index in [0.29, 0.717) is 18.8 Å². The number of aromatic nitrogens is 3. The maximum absolute atomic E-state index is 14.6. The van der Waals surface area contributed by atoms with E-state index < -0.39 is 17.3 Å². The van der Waals surface area contributed by atoms with Crippen molar-refractivity contribution in [3.05, 3.63) is 30.6 Å². The Kier molecular flexibility index (Phi) is 5.43. The minimum absolute atomic E-state index is 0.0742. The van der Waals surface area contributed by atoms with Crippen LogP contribution in [0.15, 0.2) is 35.0 Å². The van der Waals surface area contributed by atoms with Gasteiger partial charge in [0.15, 0.2) is 22.5 Å². The Morgan fingerprint density at radius 3 is 2.44 bits per heavy atom. The summed E-state index contributed by atoms with van der Waals surface area (Å²) in [7, 11) is 0. The van der Waals surface area contributed by atoms with Gasteiger partial charge in [-0.15, -0.1) is 0 Å². The second-order valence-electron chi connectivity index (χ2n) is 10.7. The average Bonchev–Trinajstić information content (AvgIpc) is 3.42. The highest BCUT2D eigenvalue weighted by atomic mass is 19.3. The standard InChI is InChI=1S/C24H29F2N5O5/c1-22(2,3)36-21(32)31-14-11-15(31)13-29(12-14)20-28-18-17(35-24(25,26)23(4,5)33)8-7-16(19(18)34-20)30-10-6-9-27-30/h6-10,14-15,33H,11-13H2,1-5H3. The van der Waals surface area contributed by atoms with E-state index in [1.54, 1.807) is 23.4 Å². The zero-order chi connectivity index (χ0) is 26.0. The zero-order valence-corrected chi connectivity index (χ0v) is 20.7. The summed E-state index contributed by atoms with van der Waals surface area (Å²) in [6.07, 6.45) is -0.128. The van der Waals surface area contributed by atoms with Crippen LogP contribution in [0, 0.1) is 0 Å². The number of piperidine rings is 1. The number of benzene rings is 1. The van der Waals surface area contributed by atoms with E-state index in [-0.39, 0.29) is 41.0 Å². The minimum Gasteiger partial charge on any atom is -0.444 e. The largest absolute Gasteiger partial charge is 0.444 e. The summed E-state index contributed by atoms with van der Waals surface area (Å²) in [4.78, 5) is 20.7. The van der Waals surface area contributed by atoms with Crippen molar-refractivity contribution in [3.8, 4) is 11.4 Å².